The molecule has 0 saturated heterocycles. The van der Waals surface area contributed by atoms with Crippen LogP contribution in [0.2, 0.25) is 0 Å². The average molecular weight is 346 g/mol. The highest BCUT2D eigenvalue weighted by Gasteiger charge is 2.17. The number of nitrogens with one attached hydrogen (secondary N) is 1. The molecule has 1 amide bonds. The Labute approximate surface area is 151 Å². The van der Waals surface area contributed by atoms with E-state index < -0.39 is 6.10 Å². The maximum absolute atomic E-state index is 12.4. The van der Waals surface area contributed by atoms with Crippen molar-refractivity contribution >= 4 is 22.4 Å². The maximum Gasteiger partial charge on any atom is 0.265 e. The molecule has 5 heteroatoms. The van der Waals surface area contributed by atoms with Crippen molar-refractivity contribution in [2.24, 2.45) is 0 Å². The molecule has 0 unspecified atom stereocenters. The molecule has 0 spiro atoms. The van der Waals surface area contributed by atoms with E-state index in [1.165, 1.54) is 7.11 Å². The number of ether oxygens (including phenoxy) is 2. The van der Waals surface area contributed by atoms with Gasteiger partial charge in [0.05, 0.1) is 18.7 Å². The molecule has 0 aliphatic heterocycles. The Morgan fingerprint density at radius 2 is 1.81 bits per heavy atom. The number of rotatable bonds is 5. The predicted molar refractivity (Wildman–Crippen MR) is 100 cm³/mol. The Balaban J connectivity index is 1.72. The van der Waals surface area contributed by atoms with Crippen molar-refractivity contribution in [3.63, 3.8) is 0 Å². The molecule has 0 radical (unpaired) electrons. The number of carbonyl (C=O) groups excluding carboxylic acids is 1. The lowest BCUT2D eigenvalue weighted by molar-refractivity contribution is -0.122. The fraction of sp³-hybridized carbons (Fsp3) is 0.143. The molecule has 0 aliphatic rings. The first-order valence-electron chi connectivity index (χ1n) is 8.15. The second-order valence-electron chi connectivity index (χ2n) is 5.79. The first kappa shape index (κ1) is 17.3. The van der Waals surface area contributed by atoms with E-state index in [-0.39, 0.29) is 5.91 Å². The van der Waals surface area contributed by atoms with Gasteiger partial charge in [-0.05, 0) is 42.0 Å². The number of nitriles is 1. The fourth-order valence-corrected chi connectivity index (χ4v) is 2.59. The quantitative estimate of drug-likeness (QED) is 0.754. The third kappa shape index (κ3) is 3.76. The molecule has 3 aromatic carbocycles. The van der Waals surface area contributed by atoms with Gasteiger partial charge in [0, 0.05) is 11.8 Å². The summed E-state index contributed by atoms with van der Waals surface area (Å²) in [7, 11) is 1.49. The summed E-state index contributed by atoms with van der Waals surface area (Å²) >= 11 is 0. The molecular weight excluding hydrogens is 328 g/mol. The molecule has 1 N–H and O–H groups in total. The Morgan fingerprint density at radius 1 is 1.04 bits per heavy atom. The van der Waals surface area contributed by atoms with Crippen molar-refractivity contribution < 1.29 is 14.3 Å². The molecule has 130 valence electrons. The van der Waals surface area contributed by atoms with E-state index in [9.17, 15) is 4.79 Å². The first-order chi connectivity index (χ1) is 12.6. The number of carbonyl (C=O) groups is 1. The number of methoxy groups -OCH3 is 1. The summed E-state index contributed by atoms with van der Waals surface area (Å²) in [5.74, 6) is 0.550. The van der Waals surface area contributed by atoms with E-state index in [0.717, 1.165) is 10.8 Å². The average Bonchev–Trinajstić information content (AvgIpc) is 2.68. The smallest absolute Gasteiger partial charge is 0.265 e. The van der Waals surface area contributed by atoms with Gasteiger partial charge in [0.1, 0.15) is 0 Å². The SMILES string of the molecule is COc1cc(C#N)ccc1O[C@H](C)C(=O)Nc1ccc2ccccc2c1. The third-order valence-corrected chi connectivity index (χ3v) is 3.98. The molecule has 0 saturated carbocycles. The molecule has 0 aliphatic carbocycles. The Bertz CT molecular complexity index is 992. The summed E-state index contributed by atoms with van der Waals surface area (Å²) < 4.78 is 10.9. The maximum atomic E-state index is 12.4. The summed E-state index contributed by atoms with van der Waals surface area (Å²) in [6, 6.07) is 20.5. The van der Waals surface area contributed by atoms with Crippen molar-refractivity contribution in [2.45, 2.75) is 13.0 Å². The standard InChI is InChI=1S/C21H18N2O3/c1-14(26-19-10-7-15(13-22)11-20(19)25-2)21(24)23-18-9-8-16-5-3-4-6-17(16)12-18/h3-12,14H,1-2H3,(H,23,24)/t14-/m1/s1. The van der Waals surface area contributed by atoms with Gasteiger partial charge >= 0.3 is 0 Å². The van der Waals surface area contributed by atoms with Gasteiger partial charge in [-0.2, -0.15) is 5.26 Å². The largest absolute Gasteiger partial charge is 0.493 e. The van der Waals surface area contributed by atoms with Crippen LogP contribution >= 0.6 is 0 Å². The lowest BCUT2D eigenvalue weighted by atomic mass is 10.1. The van der Waals surface area contributed by atoms with E-state index in [0.29, 0.717) is 22.7 Å². The van der Waals surface area contributed by atoms with E-state index in [2.05, 4.69) is 5.32 Å². The molecule has 3 rings (SSSR count). The van der Waals surface area contributed by atoms with Gasteiger partial charge in [-0.1, -0.05) is 30.3 Å². The number of fused-ring (bicyclic) bond motifs is 1. The topological polar surface area (TPSA) is 71.3 Å². The van der Waals surface area contributed by atoms with E-state index in [1.807, 2.05) is 48.5 Å². The van der Waals surface area contributed by atoms with Crippen LogP contribution in [0.4, 0.5) is 5.69 Å². The van der Waals surface area contributed by atoms with Crippen LogP contribution in [0.5, 0.6) is 11.5 Å². The molecular formula is C21H18N2O3. The van der Waals surface area contributed by atoms with Gasteiger partial charge in [-0.25, -0.2) is 0 Å². The van der Waals surface area contributed by atoms with Crippen molar-refractivity contribution in [3.05, 3.63) is 66.2 Å². The molecule has 0 aromatic heterocycles. The van der Waals surface area contributed by atoms with Crippen LogP contribution in [-0.4, -0.2) is 19.1 Å². The third-order valence-electron chi connectivity index (χ3n) is 3.98. The van der Waals surface area contributed by atoms with E-state index >= 15 is 0 Å². The molecule has 0 bridgehead atoms. The summed E-state index contributed by atoms with van der Waals surface area (Å²) in [5, 5.41) is 14.0. The Morgan fingerprint density at radius 3 is 2.54 bits per heavy atom. The summed E-state index contributed by atoms with van der Waals surface area (Å²) in [6.45, 7) is 1.66. The normalized spacial score (nSPS) is 11.4. The molecule has 1 atom stereocenters. The van der Waals surface area contributed by atoms with Crippen LogP contribution in [-0.2, 0) is 4.79 Å². The minimum atomic E-state index is -0.733. The van der Waals surface area contributed by atoms with E-state index in [4.69, 9.17) is 14.7 Å². The van der Waals surface area contributed by atoms with Crippen LogP contribution in [0.3, 0.4) is 0 Å². The molecule has 3 aromatic rings. The van der Waals surface area contributed by atoms with Crippen LogP contribution in [0, 0.1) is 11.3 Å². The number of anilines is 1. The number of amides is 1. The molecule has 5 nitrogen and oxygen atoms in total. The van der Waals surface area contributed by atoms with Gasteiger partial charge in [-0.3, -0.25) is 4.79 Å². The Hall–Kier alpha value is -3.52. The number of hydrogen-bond donors (Lipinski definition) is 1. The second-order valence-corrected chi connectivity index (χ2v) is 5.79. The van der Waals surface area contributed by atoms with E-state index in [1.54, 1.807) is 25.1 Å². The van der Waals surface area contributed by atoms with Crippen molar-refractivity contribution in [1.29, 1.82) is 5.26 Å². The monoisotopic (exact) mass is 346 g/mol. The van der Waals surface area contributed by atoms with Gasteiger partial charge < -0.3 is 14.8 Å². The van der Waals surface area contributed by atoms with Crippen molar-refractivity contribution in [2.75, 3.05) is 12.4 Å². The first-order valence-corrected chi connectivity index (χ1v) is 8.15. The van der Waals surface area contributed by atoms with Gasteiger partial charge in [-0.15, -0.1) is 0 Å². The summed E-state index contributed by atoms with van der Waals surface area (Å²) in [5.41, 5.74) is 1.17. The predicted octanol–water partition coefficient (Wildman–Crippen LogP) is 4.13. The zero-order valence-electron chi connectivity index (χ0n) is 14.5. The fourth-order valence-electron chi connectivity index (χ4n) is 2.59. The zero-order valence-corrected chi connectivity index (χ0v) is 14.5. The van der Waals surface area contributed by atoms with Crippen LogP contribution in [0.1, 0.15) is 12.5 Å². The highest BCUT2D eigenvalue weighted by atomic mass is 16.5. The van der Waals surface area contributed by atoms with Crippen LogP contribution < -0.4 is 14.8 Å². The van der Waals surface area contributed by atoms with Crippen LogP contribution in [0.25, 0.3) is 10.8 Å². The van der Waals surface area contributed by atoms with Crippen molar-refractivity contribution in [1.82, 2.24) is 0 Å². The second kappa shape index (κ2) is 7.58. The number of benzene rings is 3. The van der Waals surface area contributed by atoms with Gasteiger partial charge in [0.25, 0.3) is 5.91 Å². The molecule has 0 heterocycles. The summed E-state index contributed by atoms with van der Waals surface area (Å²) in [4.78, 5) is 12.4. The van der Waals surface area contributed by atoms with Crippen molar-refractivity contribution in [3.8, 4) is 17.6 Å². The highest BCUT2D eigenvalue weighted by molar-refractivity contribution is 5.96. The van der Waals surface area contributed by atoms with Gasteiger partial charge in [0.2, 0.25) is 0 Å². The summed E-state index contributed by atoms with van der Waals surface area (Å²) in [6.07, 6.45) is -0.733. The van der Waals surface area contributed by atoms with Gasteiger partial charge in [0.15, 0.2) is 17.6 Å². The lowest BCUT2D eigenvalue weighted by Crippen LogP contribution is -2.30. The Kier molecular flexibility index (Phi) is 5.04. The minimum Gasteiger partial charge on any atom is -0.493 e. The number of nitrogens with zero attached hydrogens (tertiary/aromatic N) is 1. The number of hydrogen-bond acceptors (Lipinski definition) is 4. The minimum absolute atomic E-state index is 0.272. The molecule has 0 fully saturated rings. The lowest BCUT2D eigenvalue weighted by Gasteiger charge is -2.17. The molecule has 26 heavy (non-hydrogen) atoms. The van der Waals surface area contributed by atoms with Crippen LogP contribution in [0.15, 0.2) is 60.7 Å². The zero-order chi connectivity index (χ0) is 18.5. The highest BCUT2D eigenvalue weighted by Crippen LogP contribution is 2.29.